The van der Waals surface area contributed by atoms with Crippen LogP contribution in [-0.4, -0.2) is 5.91 Å². The van der Waals surface area contributed by atoms with Gasteiger partial charge in [-0.3, -0.25) is 4.79 Å². The van der Waals surface area contributed by atoms with Crippen molar-refractivity contribution in [2.45, 2.75) is 20.4 Å². The summed E-state index contributed by atoms with van der Waals surface area (Å²) >= 11 is 5.23. The first-order valence-electron chi connectivity index (χ1n) is 5.90. The van der Waals surface area contributed by atoms with Crippen molar-refractivity contribution in [3.63, 3.8) is 0 Å². The van der Waals surface area contributed by atoms with Gasteiger partial charge in [0.2, 0.25) is 5.91 Å². The predicted octanol–water partition coefficient (Wildman–Crippen LogP) is 4.39. The molecule has 1 amide bonds. The molecule has 0 unspecified atom stereocenters. The maximum atomic E-state index is 11.0. The van der Waals surface area contributed by atoms with Crippen LogP contribution < -0.4 is 10.6 Å². The molecule has 1 aromatic heterocycles. The number of carbonyl (C=O) groups is 1. The first-order chi connectivity index (χ1) is 9.06. The maximum absolute atomic E-state index is 11.0. The summed E-state index contributed by atoms with van der Waals surface area (Å²) in [5.41, 5.74) is 2.95. The summed E-state index contributed by atoms with van der Waals surface area (Å²) in [6.45, 7) is 4.29. The van der Waals surface area contributed by atoms with E-state index in [0.717, 1.165) is 28.0 Å². The number of nitrogens with one attached hydrogen (secondary N) is 2. The van der Waals surface area contributed by atoms with E-state index in [0.29, 0.717) is 0 Å². The lowest BCUT2D eigenvalue weighted by atomic mass is 10.1. The van der Waals surface area contributed by atoms with Gasteiger partial charge in [-0.2, -0.15) is 0 Å². The van der Waals surface area contributed by atoms with Crippen LogP contribution >= 0.6 is 27.3 Å². The quantitative estimate of drug-likeness (QED) is 0.867. The van der Waals surface area contributed by atoms with Crippen LogP contribution in [0, 0.1) is 6.92 Å². The minimum Gasteiger partial charge on any atom is -0.380 e. The number of anilines is 2. The van der Waals surface area contributed by atoms with E-state index in [4.69, 9.17) is 0 Å². The van der Waals surface area contributed by atoms with Gasteiger partial charge >= 0.3 is 0 Å². The molecule has 0 bridgehead atoms. The summed E-state index contributed by atoms with van der Waals surface area (Å²) in [6, 6.07) is 7.97. The van der Waals surface area contributed by atoms with Crippen LogP contribution in [-0.2, 0) is 11.3 Å². The molecule has 0 fully saturated rings. The summed E-state index contributed by atoms with van der Waals surface area (Å²) in [4.78, 5) is 12.3. The molecular weight excluding hydrogens is 324 g/mol. The lowest BCUT2D eigenvalue weighted by Gasteiger charge is -2.10. The molecule has 0 saturated carbocycles. The Balaban J connectivity index is 2.04. The van der Waals surface area contributed by atoms with Crippen molar-refractivity contribution in [3.05, 3.63) is 44.6 Å². The number of hydrogen-bond acceptors (Lipinski definition) is 3. The second-order valence-electron chi connectivity index (χ2n) is 4.26. The van der Waals surface area contributed by atoms with Crippen molar-refractivity contribution in [3.8, 4) is 0 Å². The first-order valence-corrected chi connectivity index (χ1v) is 7.57. The van der Waals surface area contributed by atoms with Gasteiger partial charge in [0, 0.05) is 27.6 Å². The highest BCUT2D eigenvalue weighted by molar-refractivity contribution is 9.10. The molecule has 0 saturated heterocycles. The van der Waals surface area contributed by atoms with Crippen LogP contribution in [0.15, 0.2) is 34.1 Å². The Kier molecular flexibility index (Phi) is 4.61. The zero-order valence-corrected chi connectivity index (χ0v) is 13.2. The van der Waals surface area contributed by atoms with Crippen molar-refractivity contribution < 1.29 is 4.79 Å². The molecule has 3 nitrogen and oxygen atoms in total. The van der Waals surface area contributed by atoms with E-state index in [-0.39, 0.29) is 5.91 Å². The second-order valence-corrected chi connectivity index (χ2v) is 6.11. The fourth-order valence-electron chi connectivity index (χ4n) is 1.74. The lowest BCUT2D eigenvalue weighted by Crippen LogP contribution is -2.07. The smallest absolute Gasteiger partial charge is 0.221 e. The van der Waals surface area contributed by atoms with E-state index >= 15 is 0 Å². The van der Waals surface area contributed by atoms with Gasteiger partial charge in [-0.1, -0.05) is 0 Å². The predicted molar refractivity (Wildman–Crippen MR) is 84.8 cm³/mol. The number of thiophene rings is 1. The van der Waals surface area contributed by atoms with Gasteiger partial charge in [-0.05, 0) is 58.1 Å². The molecule has 1 aromatic carbocycles. The Morgan fingerprint density at radius 1 is 1.37 bits per heavy atom. The zero-order chi connectivity index (χ0) is 13.8. The van der Waals surface area contributed by atoms with Crippen molar-refractivity contribution in [1.82, 2.24) is 0 Å². The molecule has 19 heavy (non-hydrogen) atoms. The number of carbonyl (C=O) groups excluding carboxylic acids is 1. The van der Waals surface area contributed by atoms with Crippen molar-refractivity contribution >= 4 is 44.5 Å². The van der Waals surface area contributed by atoms with Gasteiger partial charge < -0.3 is 10.6 Å². The van der Waals surface area contributed by atoms with Gasteiger partial charge in [-0.25, -0.2) is 0 Å². The second kappa shape index (κ2) is 6.21. The van der Waals surface area contributed by atoms with Crippen LogP contribution in [0.1, 0.15) is 17.4 Å². The molecule has 0 aliphatic heterocycles. The van der Waals surface area contributed by atoms with E-state index < -0.39 is 0 Å². The highest BCUT2D eigenvalue weighted by Gasteiger charge is 2.04. The highest BCUT2D eigenvalue weighted by Crippen LogP contribution is 2.25. The third-order valence-electron chi connectivity index (χ3n) is 2.68. The molecule has 2 N–H and O–H groups in total. The SMILES string of the molecule is CC(=O)Nc1ccc(NCc2sccc2Br)cc1C. The fourth-order valence-corrected chi connectivity index (χ4v) is 3.17. The average Bonchev–Trinajstić information content (AvgIpc) is 2.75. The summed E-state index contributed by atoms with van der Waals surface area (Å²) in [6.07, 6.45) is 0. The van der Waals surface area contributed by atoms with Crippen LogP contribution in [0.3, 0.4) is 0 Å². The highest BCUT2D eigenvalue weighted by atomic mass is 79.9. The van der Waals surface area contributed by atoms with E-state index in [1.165, 1.54) is 11.8 Å². The van der Waals surface area contributed by atoms with Gasteiger partial charge in [0.05, 0.1) is 6.54 Å². The van der Waals surface area contributed by atoms with Crippen LogP contribution in [0.4, 0.5) is 11.4 Å². The number of aryl methyl sites for hydroxylation is 1. The topological polar surface area (TPSA) is 41.1 Å². The Bertz CT molecular complexity index is 595. The minimum atomic E-state index is -0.0497. The Hall–Kier alpha value is -1.33. The standard InChI is InChI=1S/C14H15BrN2OS/c1-9-7-11(3-4-13(9)17-10(2)18)16-8-14-12(15)5-6-19-14/h3-7,16H,8H2,1-2H3,(H,17,18). The molecule has 5 heteroatoms. The van der Waals surface area contributed by atoms with Gasteiger partial charge in [0.1, 0.15) is 0 Å². The zero-order valence-electron chi connectivity index (χ0n) is 10.8. The van der Waals surface area contributed by atoms with Crippen LogP contribution in [0.2, 0.25) is 0 Å². The Labute approximate surface area is 125 Å². The molecule has 0 aliphatic carbocycles. The molecule has 2 aromatic rings. The van der Waals surface area contributed by atoms with Crippen molar-refractivity contribution in [2.24, 2.45) is 0 Å². The monoisotopic (exact) mass is 338 g/mol. The fraction of sp³-hybridized carbons (Fsp3) is 0.214. The molecular formula is C14H15BrN2OS. The normalized spacial score (nSPS) is 10.3. The molecule has 100 valence electrons. The van der Waals surface area contributed by atoms with E-state index in [2.05, 4.69) is 31.9 Å². The summed E-state index contributed by atoms with van der Waals surface area (Å²) in [5.74, 6) is -0.0497. The summed E-state index contributed by atoms with van der Waals surface area (Å²) < 4.78 is 1.14. The van der Waals surface area contributed by atoms with Crippen LogP contribution in [0.25, 0.3) is 0 Å². The lowest BCUT2D eigenvalue weighted by molar-refractivity contribution is -0.114. The van der Waals surface area contributed by atoms with E-state index in [9.17, 15) is 4.79 Å². The third kappa shape index (κ3) is 3.81. The number of rotatable bonds is 4. The first kappa shape index (κ1) is 14.1. The largest absolute Gasteiger partial charge is 0.380 e. The Morgan fingerprint density at radius 3 is 2.74 bits per heavy atom. The van der Waals surface area contributed by atoms with E-state index in [1.54, 1.807) is 11.3 Å². The molecule has 0 atom stereocenters. The van der Waals surface area contributed by atoms with E-state index in [1.807, 2.05) is 31.2 Å². The molecule has 2 rings (SSSR count). The summed E-state index contributed by atoms with van der Waals surface area (Å²) in [7, 11) is 0. The molecule has 0 aliphatic rings. The minimum absolute atomic E-state index is 0.0497. The summed E-state index contributed by atoms with van der Waals surface area (Å²) in [5, 5.41) is 8.25. The van der Waals surface area contributed by atoms with Crippen molar-refractivity contribution in [1.29, 1.82) is 0 Å². The average molecular weight is 339 g/mol. The van der Waals surface area contributed by atoms with Gasteiger partial charge in [0.15, 0.2) is 0 Å². The molecule has 1 heterocycles. The van der Waals surface area contributed by atoms with Crippen molar-refractivity contribution in [2.75, 3.05) is 10.6 Å². The number of halogens is 1. The van der Waals surface area contributed by atoms with Crippen LogP contribution in [0.5, 0.6) is 0 Å². The number of benzene rings is 1. The molecule has 0 spiro atoms. The van der Waals surface area contributed by atoms with Gasteiger partial charge in [0.25, 0.3) is 0 Å². The third-order valence-corrected chi connectivity index (χ3v) is 4.61. The Morgan fingerprint density at radius 2 is 2.16 bits per heavy atom. The molecule has 0 radical (unpaired) electrons. The maximum Gasteiger partial charge on any atom is 0.221 e. The van der Waals surface area contributed by atoms with Gasteiger partial charge in [-0.15, -0.1) is 11.3 Å². The number of hydrogen-bond donors (Lipinski definition) is 2. The number of amides is 1.